The van der Waals surface area contributed by atoms with Crippen LogP contribution in [0.5, 0.6) is 0 Å². The Hall–Kier alpha value is 0.360. The molecule has 0 radical (unpaired) electrons. The van der Waals surface area contributed by atoms with Crippen molar-refractivity contribution >= 4 is 19.2 Å². The molecular weight excluding hydrogens is 230 g/mol. The van der Waals surface area contributed by atoms with Gasteiger partial charge in [0.1, 0.15) is 12.9 Å². The van der Waals surface area contributed by atoms with Gasteiger partial charge in [0.2, 0.25) is 0 Å². The molecule has 0 heterocycles. The molecule has 0 rings (SSSR count). The Kier molecular flexibility index (Phi) is 6.21. The molecule has 0 aliphatic heterocycles. The largest absolute Gasteiger partial charge is 0.357 e. The van der Waals surface area contributed by atoms with E-state index in [0.29, 0.717) is 0 Å². The summed E-state index contributed by atoms with van der Waals surface area (Å²) >= 11 is 5.23. The highest BCUT2D eigenvalue weighted by Gasteiger charge is 2.45. The fourth-order valence-corrected chi connectivity index (χ4v) is 2.24. The molecule has 0 aromatic rings. The van der Waals surface area contributed by atoms with Gasteiger partial charge in [0, 0.05) is 0 Å². The minimum atomic E-state index is -4.29. The SMILES string of the molecule is CCC(CC)(OCOCCl)P(=O)(O)O. The molecule has 86 valence electrons. The second-order valence-electron chi connectivity index (χ2n) is 2.77. The molecule has 7 heteroatoms. The van der Waals surface area contributed by atoms with Crippen LogP contribution >= 0.6 is 19.2 Å². The number of ether oxygens (including phenoxy) is 2. The van der Waals surface area contributed by atoms with Gasteiger partial charge < -0.3 is 19.3 Å². The van der Waals surface area contributed by atoms with Crippen molar-refractivity contribution in [1.82, 2.24) is 0 Å². The molecule has 2 N–H and O–H groups in total. The Morgan fingerprint density at radius 3 is 2.14 bits per heavy atom. The summed E-state index contributed by atoms with van der Waals surface area (Å²) in [5.41, 5.74) is 0. The van der Waals surface area contributed by atoms with Gasteiger partial charge in [-0.1, -0.05) is 25.4 Å². The van der Waals surface area contributed by atoms with Crippen LogP contribution in [0.2, 0.25) is 0 Å². The minimum absolute atomic E-state index is 0.0648. The molecule has 0 aromatic heterocycles. The molecule has 0 amide bonds. The average molecular weight is 247 g/mol. The lowest BCUT2D eigenvalue weighted by atomic mass is 10.2. The smallest absolute Gasteiger partial charge is 0.340 e. The summed E-state index contributed by atoms with van der Waals surface area (Å²) < 4.78 is 20.9. The Balaban J connectivity index is 4.47. The molecule has 14 heavy (non-hydrogen) atoms. The Bertz CT molecular complexity index is 200. The van der Waals surface area contributed by atoms with E-state index in [1.807, 2.05) is 0 Å². The summed E-state index contributed by atoms with van der Waals surface area (Å²) in [6.07, 6.45) is 0.443. The summed E-state index contributed by atoms with van der Waals surface area (Å²) in [6.45, 7) is 3.10. The highest BCUT2D eigenvalue weighted by Crippen LogP contribution is 2.55. The fraction of sp³-hybridized carbons (Fsp3) is 1.00. The number of rotatable bonds is 7. The van der Waals surface area contributed by atoms with E-state index in [1.54, 1.807) is 13.8 Å². The predicted molar refractivity (Wildman–Crippen MR) is 53.1 cm³/mol. The second-order valence-corrected chi connectivity index (χ2v) is 4.89. The molecule has 0 aliphatic carbocycles. The molecule has 0 saturated heterocycles. The number of hydrogen-bond acceptors (Lipinski definition) is 3. The van der Waals surface area contributed by atoms with Gasteiger partial charge in [0.25, 0.3) is 0 Å². The second kappa shape index (κ2) is 6.05. The quantitative estimate of drug-likeness (QED) is 0.310. The highest BCUT2D eigenvalue weighted by atomic mass is 35.5. The van der Waals surface area contributed by atoms with E-state index in [1.165, 1.54) is 0 Å². The van der Waals surface area contributed by atoms with Gasteiger partial charge >= 0.3 is 7.60 Å². The monoisotopic (exact) mass is 246 g/mol. The van der Waals surface area contributed by atoms with Crippen LogP contribution in [0.25, 0.3) is 0 Å². The lowest BCUT2D eigenvalue weighted by Gasteiger charge is -2.31. The van der Waals surface area contributed by atoms with E-state index < -0.39 is 12.9 Å². The molecule has 5 nitrogen and oxygen atoms in total. The number of hydrogen-bond donors (Lipinski definition) is 2. The van der Waals surface area contributed by atoms with E-state index in [-0.39, 0.29) is 25.7 Å². The molecule has 0 bridgehead atoms. The topological polar surface area (TPSA) is 76.0 Å². The summed E-state index contributed by atoms with van der Waals surface area (Å²) in [5, 5.41) is -1.45. The third kappa shape index (κ3) is 3.50. The van der Waals surface area contributed by atoms with Crippen molar-refractivity contribution in [2.75, 3.05) is 12.9 Å². The van der Waals surface area contributed by atoms with Crippen molar-refractivity contribution in [3.8, 4) is 0 Å². The molecule has 0 aliphatic rings. The number of alkyl halides is 1. The van der Waals surface area contributed by atoms with Crippen molar-refractivity contribution in [2.45, 2.75) is 32.0 Å². The summed E-state index contributed by atoms with van der Waals surface area (Å²) in [7, 11) is -4.29. The van der Waals surface area contributed by atoms with Crippen LogP contribution in [0.1, 0.15) is 26.7 Å². The van der Waals surface area contributed by atoms with Gasteiger partial charge in [-0.15, -0.1) is 0 Å². The molecule has 0 spiro atoms. The van der Waals surface area contributed by atoms with E-state index in [2.05, 4.69) is 4.74 Å². The first-order valence-corrected chi connectivity index (χ1v) is 6.41. The maximum atomic E-state index is 11.2. The Morgan fingerprint density at radius 2 is 1.86 bits per heavy atom. The maximum Gasteiger partial charge on any atom is 0.357 e. The normalized spacial score (nSPS) is 13.2. The Labute approximate surface area is 88.5 Å². The minimum Gasteiger partial charge on any atom is -0.340 e. The van der Waals surface area contributed by atoms with Crippen LogP contribution in [-0.4, -0.2) is 28.0 Å². The van der Waals surface area contributed by atoms with Crippen LogP contribution in [0.3, 0.4) is 0 Å². The first-order valence-electron chi connectivity index (χ1n) is 4.26. The van der Waals surface area contributed by atoms with Crippen LogP contribution in [0.4, 0.5) is 0 Å². The van der Waals surface area contributed by atoms with Gasteiger partial charge in [0.05, 0.1) is 0 Å². The average Bonchev–Trinajstić information content (AvgIpc) is 2.11. The summed E-state index contributed by atoms with van der Waals surface area (Å²) in [5.74, 6) is 0. The van der Waals surface area contributed by atoms with Gasteiger partial charge in [-0.05, 0) is 12.8 Å². The molecule has 0 aromatic carbocycles. The molecule has 0 fully saturated rings. The first-order chi connectivity index (χ1) is 6.43. The zero-order valence-corrected chi connectivity index (χ0v) is 9.92. The van der Waals surface area contributed by atoms with Crippen molar-refractivity contribution in [1.29, 1.82) is 0 Å². The van der Waals surface area contributed by atoms with E-state index in [4.69, 9.17) is 26.1 Å². The van der Waals surface area contributed by atoms with E-state index in [9.17, 15) is 4.57 Å². The van der Waals surface area contributed by atoms with Crippen LogP contribution in [-0.2, 0) is 14.0 Å². The van der Waals surface area contributed by atoms with Crippen molar-refractivity contribution in [3.05, 3.63) is 0 Å². The third-order valence-electron chi connectivity index (χ3n) is 2.12. The summed E-state index contributed by atoms with van der Waals surface area (Å²) in [4.78, 5) is 18.2. The Morgan fingerprint density at radius 1 is 1.36 bits per heavy atom. The lowest BCUT2D eigenvalue weighted by Crippen LogP contribution is -2.32. The van der Waals surface area contributed by atoms with E-state index in [0.717, 1.165) is 0 Å². The van der Waals surface area contributed by atoms with Crippen LogP contribution in [0.15, 0.2) is 0 Å². The summed E-state index contributed by atoms with van der Waals surface area (Å²) in [6, 6.07) is -0.0648. The zero-order valence-electron chi connectivity index (χ0n) is 8.27. The maximum absolute atomic E-state index is 11.2. The molecule has 0 unspecified atom stereocenters. The van der Waals surface area contributed by atoms with Gasteiger partial charge in [0.15, 0.2) is 5.34 Å². The number of halogens is 1. The van der Waals surface area contributed by atoms with Gasteiger partial charge in [-0.25, -0.2) is 0 Å². The lowest BCUT2D eigenvalue weighted by molar-refractivity contribution is -0.108. The van der Waals surface area contributed by atoms with Crippen molar-refractivity contribution < 1.29 is 23.8 Å². The molecule has 0 atom stereocenters. The van der Waals surface area contributed by atoms with Gasteiger partial charge in [-0.3, -0.25) is 4.57 Å². The van der Waals surface area contributed by atoms with Gasteiger partial charge in [-0.2, -0.15) is 0 Å². The van der Waals surface area contributed by atoms with Crippen LogP contribution in [0, 0.1) is 0 Å². The third-order valence-corrected chi connectivity index (χ3v) is 4.10. The standard InChI is InChI=1S/C7H16ClO5P/c1-3-7(4-2,14(9,10)11)13-6-12-5-8/h3-6H2,1-2H3,(H2,9,10,11). The predicted octanol–water partition coefficient (Wildman–Crippen LogP) is 1.87. The fourth-order valence-electron chi connectivity index (χ4n) is 1.13. The van der Waals surface area contributed by atoms with Crippen molar-refractivity contribution in [3.63, 3.8) is 0 Å². The molecule has 0 saturated carbocycles. The van der Waals surface area contributed by atoms with Crippen LogP contribution < -0.4 is 0 Å². The molecular formula is C7H16ClO5P. The zero-order chi connectivity index (χ0) is 11.2. The highest BCUT2D eigenvalue weighted by molar-refractivity contribution is 7.53. The van der Waals surface area contributed by atoms with Crippen molar-refractivity contribution in [2.24, 2.45) is 0 Å². The first kappa shape index (κ1) is 14.4. The van der Waals surface area contributed by atoms with E-state index >= 15 is 0 Å².